The summed E-state index contributed by atoms with van der Waals surface area (Å²) in [6.45, 7) is 0. The van der Waals surface area contributed by atoms with Crippen LogP contribution in [0.15, 0.2) is 47.7 Å². The van der Waals surface area contributed by atoms with Crippen LogP contribution in [0.1, 0.15) is 11.5 Å². The van der Waals surface area contributed by atoms with E-state index in [2.05, 4.69) is 20.8 Å². The predicted octanol–water partition coefficient (Wildman–Crippen LogP) is 2.12. The van der Waals surface area contributed by atoms with Gasteiger partial charge in [0.2, 0.25) is 5.91 Å². The Hall–Kier alpha value is -3.29. The third-order valence-corrected chi connectivity index (χ3v) is 3.20. The molecule has 22 heavy (non-hydrogen) atoms. The molecule has 3 rings (SSSR count). The summed E-state index contributed by atoms with van der Waals surface area (Å²) in [5.74, 6) is -0.265. The number of pyridine rings is 1. The topological polar surface area (TPSA) is 110 Å². The van der Waals surface area contributed by atoms with Crippen LogP contribution in [-0.2, 0) is 4.79 Å². The monoisotopic (exact) mass is 297 g/mol. The number of nitrogens with zero attached hydrogens (tertiary/aromatic N) is 3. The number of nitrogens with one attached hydrogen (secondary N) is 2. The smallest absolute Gasteiger partial charge is 0.287 e. The summed E-state index contributed by atoms with van der Waals surface area (Å²) in [5.41, 5.74) is 4.18. The molecule has 0 fully saturated rings. The van der Waals surface area contributed by atoms with Crippen molar-refractivity contribution in [1.82, 2.24) is 4.98 Å². The van der Waals surface area contributed by atoms with Crippen LogP contribution >= 0.6 is 0 Å². The Bertz CT molecular complexity index is 757. The van der Waals surface area contributed by atoms with Gasteiger partial charge in [0, 0.05) is 18.0 Å². The molecule has 2 heterocycles. The van der Waals surface area contributed by atoms with E-state index in [-0.39, 0.29) is 11.6 Å². The SMILES string of the molecule is O=C1Nc2ccccc2C1/C=N/Nc1ccc([N+](=O)[O-])cn1. The maximum Gasteiger partial charge on any atom is 0.287 e. The minimum atomic E-state index is -0.528. The third kappa shape index (κ3) is 2.62. The van der Waals surface area contributed by atoms with Gasteiger partial charge in [-0.15, -0.1) is 0 Å². The Morgan fingerprint density at radius 1 is 1.32 bits per heavy atom. The van der Waals surface area contributed by atoms with Crippen molar-refractivity contribution in [1.29, 1.82) is 0 Å². The first kappa shape index (κ1) is 13.7. The normalized spacial score (nSPS) is 16.4. The lowest BCUT2D eigenvalue weighted by atomic mass is 10.0. The zero-order valence-electron chi connectivity index (χ0n) is 11.3. The van der Waals surface area contributed by atoms with Crippen LogP contribution in [-0.4, -0.2) is 22.0 Å². The van der Waals surface area contributed by atoms with E-state index in [0.717, 1.165) is 17.4 Å². The Kier molecular flexibility index (Phi) is 3.48. The molecule has 1 aromatic heterocycles. The second kappa shape index (κ2) is 5.60. The number of fused-ring (bicyclic) bond motifs is 1. The molecule has 1 aliphatic heterocycles. The van der Waals surface area contributed by atoms with E-state index in [0.29, 0.717) is 5.82 Å². The molecule has 1 unspecified atom stereocenters. The molecular weight excluding hydrogens is 286 g/mol. The van der Waals surface area contributed by atoms with Crippen molar-refractivity contribution in [3.63, 3.8) is 0 Å². The fraction of sp³-hybridized carbons (Fsp3) is 0.0714. The molecule has 8 nitrogen and oxygen atoms in total. The van der Waals surface area contributed by atoms with E-state index in [1.165, 1.54) is 18.3 Å². The van der Waals surface area contributed by atoms with E-state index in [1.807, 2.05) is 24.3 Å². The minimum absolute atomic E-state index is 0.0985. The van der Waals surface area contributed by atoms with Crippen LogP contribution in [0.25, 0.3) is 0 Å². The van der Waals surface area contributed by atoms with E-state index in [9.17, 15) is 14.9 Å². The standard InChI is InChI=1S/C14H11N5O3/c20-14-11(10-3-1-2-4-12(10)17-14)8-16-18-13-6-5-9(7-15-13)19(21)22/h1-8,11H,(H,15,18)(H,17,20)/b16-8+. The highest BCUT2D eigenvalue weighted by atomic mass is 16.6. The summed E-state index contributed by atoms with van der Waals surface area (Å²) in [4.78, 5) is 25.7. The first-order valence-corrected chi connectivity index (χ1v) is 6.44. The van der Waals surface area contributed by atoms with Crippen molar-refractivity contribution in [3.8, 4) is 0 Å². The summed E-state index contributed by atoms with van der Waals surface area (Å²) in [7, 11) is 0. The van der Waals surface area contributed by atoms with Crippen molar-refractivity contribution in [3.05, 3.63) is 58.3 Å². The van der Waals surface area contributed by atoms with Crippen molar-refractivity contribution >= 4 is 29.3 Å². The predicted molar refractivity (Wildman–Crippen MR) is 80.8 cm³/mol. The minimum Gasteiger partial charge on any atom is -0.325 e. The van der Waals surface area contributed by atoms with Gasteiger partial charge in [-0.05, 0) is 17.7 Å². The number of hydrazone groups is 1. The molecule has 110 valence electrons. The van der Waals surface area contributed by atoms with Crippen LogP contribution in [0, 0.1) is 10.1 Å². The maximum absolute atomic E-state index is 11.9. The highest BCUT2D eigenvalue weighted by molar-refractivity contribution is 6.12. The second-order valence-corrected chi connectivity index (χ2v) is 4.60. The van der Waals surface area contributed by atoms with Crippen LogP contribution in [0.3, 0.4) is 0 Å². The highest BCUT2D eigenvalue weighted by Crippen LogP contribution is 2.30. The van der Waals surface area contributed by atoms with Gasteiger partial charge in [0.1, 0.15) is 17.9 Å². The molecule has 2 N–H and O–H groups in total. The molecule has 0 aliphatic carbocycles. The number of rotatable bonds is 4. The molecule has 0 spiro atoms. The summed E-state index contributed by atoms with van der Waals surface area (Å²) in [6, 6.07) is 10.1. The fourth-order valence-electron chi connectivity index (χ4n) is 2.12. The zero-order chi connectivity index (χ0) is 15.5. The summed E-state index contributed by atoms with van der Waals surface area (Å²) in [6.07, 6.45) is 2.61. The number of nitro groups is 1. The van der Waals surface area contributed by atoms with Gasteiger partial charge in [0.05, 0.1) is 4.92 Å². The van der Waals surface area contributed by atoms with Gasteiger partial charge < -0.3 is 5.32 Å². The molecule has 1 aromatic carbocycles. The summed E-state index contributed by atoms with van der Waals surface area (Å²) >= 11 is 0. The van der Waals surface area contributed by atoms with Crippen molar-refractivity contribution in [2.24, 2.45) is 5.10 Å². The second-order valence-electron chi connectivity index (χ2n) is 4.60. The maximum atomic E-state index is 11.9. The Morgan fingerprint density at radius 3 is 2.86 bits per heavy atom. The average Bonchev–Trinajstić information content (AvgIpc) is 2.84. The van der Waals surface area contributed by atoms with Gasteiger partial charge in [-0.25, -0.2) is 4.98 Å². The number of carbonyl (C=O) groups excluding carboxylic acids is 1. The molecule has 0 bridgehead atoms. The largest absolute Gasteiger partial charge is 0.325 e. The summed E-state index contributed by atoms with van der Waals surface area (Å²) in [5, 5.41) is 17.3. The third-order valence-electron chi connectivity index (χ3n) is 3.20. The number of hydrogen-bond acceptors (Lipinski definition) is 6. The number of anilines is 2. The first-order valence-electron chi connectivity index (χ1n) is 6.44. The Morgan fingerprint density at radius 2 is 2.14 bits per heavy atom. The van der Waals surface area contributed by atoms with Gasteiger partial charge in [-0.2, -0.15) is 5.10 Å². The fourth-order valence-corrected chi connectivity index (χ4v) is 2.12. The quantitative estimate of drug-likeness (QED) is 0.510. The lowest BCUT2D eigenvalue weighted by Crippen LogP contribution is -2.13. The lowest BCUT2D eigenvalue weighted by Gasteiger charge is -2.02. The molecule has 0 radical (unpaired) electrons. The molecule has 1 amide bonds. The molecule has 0 saturated heterocycles. The van der Waals surface area contributed by atoms with Gasteiger partial charge in [-0.1, -0.05) is 18.2 Å². The molecule has 0 saturated carbocycles. The van der Waals surface area contributed by atoms with Gasteiger partial charge >= 0.3 is 0 Å². The number of para-hydroxylation sites is 1. The average molecular weight is 297 g/mol. The van der Waals surface area contributed by atoms with E-state index >= 15 is 0 Å². The van der Waals surface area contributed by atoms with Crippen molar-refractivity contribution in [2.45, 2.75) is 5.92 Å². The number of amides is 1. The van der Waals surface area contributed by atoms with Gasteiger partial charge in [-0.3, -0.25) is 20.3 Å². The van der Waals surface area contributed by atoms with Crippen LogP contribution in [0.5, 0.6) is 0 Å². The van der Waals surface area contributed by atoms with Crippen LogP contribution in [0.2, 0.25) is 0 Å². The Balaban J connectivity index is 1.70. The molecular formula is C14H11N5O3. The van der Waals surface area contributed by atoms with E-state index in [4.69, 9.17) is 0 Å². The summed E-state index contributed by atoms with van der Waals surface area (Å²) < 4.78 is 0. The lowest BCUT2D eigenvalue weighted by molar-refractivity contribution is -0.385. The molecule has 2 aromatic rings. The Labute approximate surface area is 125 Å². The van der Waals surface area contributed by atoms with Crippen molar-refractivity contribution in [2.75, 3.05) is 10.7 Å². The zero-order valence-corrected chi connectivity index (χ0v) is 11.3. The first-order chi connectivity index (χ1) is 10.6. The number of aromatic nitrogens is 1. The van der Waals surface area contributed by atoms with Gasteiger partial charge in [0.15, 0.2) is 0 Å². The van der Waals surface area contributed by atoms with Crippen LogP contribution in [0.4, 0.5) is 17.2 Å². The molecule has 8 heteroatoms. The number of hydrogen-bond donors (Lipinski definition) is 2. The highest BCUT2D eigenvalue weighted by Gasteiger charge is 2.28. The number of carbonyl (C=O) groups is 1. The van der Waals surface area contributed by atoms with Gasteiger partial charge in [0.25, 0.3) is 5.69 Å². The van der Waals surface area contributed by atoms with Crippen molar-refractivity contribution < 1.29 is 9.72 Å². The molecule has 1 atom stereocenters. The number of benzene rings is 1. The van der Waals surface area contributed by atoms with Crippen LogP contribution < -0.4 is 10.7 Å². The van der Waals surface area contributed by atoms with E-state index in [1.54, 1.807) is 0 Å². The molecule has 1 aliphatic rings. The van der Waals surface area contributed by atoms with E-state index < -0.39 is 10.8 Å².